The molecule has 0 aromatic rings. The van der Waals surface area contributed by atoms with Gasteiger partial charge in [-0.3, -0.25) is 0 Å². The lowest BCUT2D eigenvalue weighted by Crippen LogP contribution is -2.40. The molecule has 2 atom stereocenters. The molecule has 0 amide bonds. The molecule has 2 heteroatoms. The van der Waals surface area contributed by atoms with Gasteiger partial charge < -0.3 is 4.43 Å². The molecule has 1 saturated carbocycles. The highest BCUT2D eigenvalue weighted by molar-refractivity contribution is 6.74. The van der Waals surface area contributed by atoms with E-state index in [4.69, 9.17) is 4.43 Å². The molecule has 18 heavy (non-hydrogen) atoms. The SMILES string of the molecule is C=CC1CCCC1/C=C/CO[Si](C)(C)C(C)(C)C. The van der Waals surface area contributed by atoms with Crippen molar-refractivity contribution >= 4 is 8.32 Å². The molecule has 0 bridgehead atoms. The summed E-state index contributed by atoms with van der Waals surface area (Å²) in [5.74, 6) is 1.39. The lowest BCUT2D eigenvalue weighted by Gasteiger charge is -2.35. The summed E-state index contributed by atoms with van der Waals surface area (Å²) in [7, 11) is -1.58. The Balaban J connectivity index is 2.40. The lowest BCUT2D eigenvalue weighted by molar-refractivity contribution is 0.327. The van der Waals surface area contributed by atoms with Crippen LogP contribution in [-0.2, 0) is 4.43 Å². The van der Waals surface area contributed by atoms with E-state index in [9.17, 15) is 0 Å². The summed E-state index contributed by atoms with van der Waals surface area (Å²) in [6, 6.07) is 0. The van der Waals surface area contributed by atoms with E-state index in [1.54, 1.807) is 0 Å². The quantitative estimate of drug-likeness (QED) is 0.493. The number of rotatable bonds is 5. The van der Waals surface area contributed by atoms with E-state index in [-0.39, 0.29) is 0 Å². The second-order valence-corrected chi connectivity index (χ2v) is 11.8. The van der Waals surface area contributed by atoms with Gasteiger partial charge in [0, 0.05) is 0 Å². The molecule has 2 unspecified atom stereocenters. The highest BCUT2D eigenvalue weighted by Gasteiger charge is 2.36. The number of hydrogen-bond acceptors (Lipinski definition) is 1. The molecule has 1 fully saturated rings. The molecule has 0 aromatic heterocycles. The van der Waals surface area contributed by atoms with E-state index in [2.05, 4.69) is 58.7 Å². The minimum Gasteiger partial charge on any atom is -0.413 e. The Labute approximate surface area is 114 Å². The first-order valence-corrected chi connectivity index (χ1v) is 10.1. The van der Waals surface area contributed by atoms with Gasteiger partial charge in [-0.2, -0.15) is 0 Å². The summed E-state index contributed by atoms with van der Waals surface area (Å²) < 4.78 is 6.15. The predicted octanol–water partition coefficient (Wildman–Crippen LogP) is 5.17. The van der Waals surface area contributed by atoms with Gasteiger partial charge in [0.15, 0.2) is 8.32 Å². The fourth-order valence-electron chi connectivity index (χ4n) is 2.25. The maximum absolute atomic E-state index is 6.15. The fourth-order valence-corrected chi connectivity index (χ4v) is 3.20. The molecule has 1 rings (SSSR count). The van der Waals surface area contributed by atoms with Crippen LogP contribution in [0.4, 0.5) is 0 Å². The monoisotopic (exact) mass is 266 g/mol. The zero-order valence-corrected chi connectivity index (χ0v) is 13.8. The standard InChI is InChI=1S/C16H30OSi/c1-7-14-10-8-11-15(14)12-9-13-17-18(5,6)16(2,3)4/h7,9,12,14-15H,1,8,10-11,13H2,2-6H3/b12-9+. The van der Waals surface area contributed by atoms with E-state index in [0.717, 1.165) is 6.61 Å². The van der Waals surface area contributed by atoms with Gasteiger partial charge in [0.1, 0.15) is 0 Å². The van der Waals surface area contributed by atoms with Crippen LogP contribution in [0, 0.1) is 11.8 Å². The fraction of sp³-hybridized carbons (Fsp3) is 0.750. The van der Waals surface area contributed by atoms with Crippen LogP contribution in [0.25, 0.3) is 0 Å². The summed E-state index contributed by atoms with van der Waals surface area (Å²) in [5.41, 5.74) is 0. The van der Waals surface area contributed by atoms with Gasteiger partial charge in [0.05, 0.1) is 6.61 Å². The third-order valence-corrected chi connectivity index (χ3v) is 9.16. The van der Waals surface area contributed by atoms with Crippen molar-refractivity contribution in [1.29, 1.82) is 0 Å². The van der Waals surface area contributed by atoms with Crippen molar-refractivity contribution in [3.8, 4) is 0 Å². The first kappa shape index (κ1) is 15.7. The Morgan fingerprint density at radius 2 is 1.83 bits per heavy atom. The Morgan fingerprint density at radius 3 is 2.39 bits per heavy atom. The van der Waals surface area contributed by atoms with Crippen molar-refractivity contribution in [2.45, 2.75) is 58.2 Å². The Hall–Kier alpha value is -0.343. The van der Waals surface area contributed by atoms with Crippen LogP contribution in [0.2, 0.25) is 18.1 Å². The van der Waals surface area contributed by atoms with Gasteiger partial charge >= 0.3 is 0 Å². The number of hydrogen-bond donors (Lipinski definition) is 0. The molecule has 0 aliphatic heterocycles. The minimum atomic E-state index is -1.58. The summed E-state index contributed by atoms with van der Waals surface area (Å²) in [6.45, 7) is 16.2. The molecule has 1 aliphatic carbocycles. The van der Waals surface area contributed by atoms with E-state index >= 15 is 0 Å². The summed E-state index contributed by atoms with van der Waals surface area (Å²) in [6.07, 6.45) is 10.7. The van der Waals surface area contributed by atoms with E-state index < -0.39 is 8.32 Å². The molecule has 0 N–H and O–H groups in total. The van der Waals surface area contributed by atoms with Gasteiger partial charge in [-0.1, -0.05) is 45.4 Å². The van der Waals surface area contributed by atoms with Crippen LogP contribution in [0.1, 0.15) is 40.0 Å². The predicted molar refractivity (Wildman–Crippen MR) is 83.3 cm³/mol. The van der Waals surface area contributed by atoms with Crippen LogP contribution >= 0.6 is 0 Å². The highest BCUT2D eigenvalue weighted by Crippen LogP contribution is 2.36. The first-order valence-electron chi connectivity index (χ1n) is 7.21. The topological polar surface area (TPSA) is 9.23 Å². The highest BCUT2D eigenvalue weighted by atomic mass is 28.4. The Morgan fingerprint density at radius 1 is 1.22 bits per heavy atom. The van der Waals surface area contributed by atoms with Gasteiger partial charge in [-0.25, -0.2) is 0 Å². The average Bonchev–Trinajstić information content (AvgIpc) is 2.70. The lowest BCUT2D eigenvalue weighted by atomic mass is 9.96. The molecular formula is C16H30OSi. The first-order chi connectivity index (χ1) is 8.28. The second-order valence-electron chi connectivity index (χ2n) is 6.99. The normalized spacial score (nSPS) is 25.8. The van der Waals surface area contributed by atoms with Gasteiger partial charge in [-0.15, -0.1) is 6.58 Å². The summed E-state index contributed by atoms with van der Waals surface area (Å²) >= 11 is 0. The third-order valence-electron chi connectivity index (χ3n) is 4.66. The maximum Gasteiger partial charge on any atom is 0.192 e. The zero-order valence-electron chi connectivity index (χ0n) is 12.8. The molecular weight excluding hydrogens is 236 g/mol. The molecule has 0 spiro atoms. The number of allylic oxidation sites excluding steroid dienone is 2. The Bertz CT molecular complexity index is 299. The van der Waals surface area contributed by atoms with Crippen LogP contribution in [0.3, 0.4) is 0 Å². The van der Waals surface area contributed by atoms with Crippen LogP contribution < -0.4 is 0 Å². The van der Waals surface area contributed by atoms with Crippen molar-refractivity contribution in [3.63, 3.8) is 0 Å². The van der Waals surface area contributed by atoms with Crippen molar-refractivity contribution in [2.75, 3.05) is 6.61 Å². The maximum atomic E-state index is 6.15. The van der Waals surface area contributed by atoms with Crippen molar-refractivity contribution in [2.24, 2.45) is 11.8 Å². The molecule has 0 aromatic carbocycles. The van der Waals surface area contributed by atoms with E-state index in [1.807, 2.05) is 0 Å². The van der Waals surface area contributed by atoms with Crippen molar-refractivity contribution < 1.29 is 4.43 Å². The van der Waals surface area contributed by atoms with Crippen LogP contribution in [0.5, 0.6) is 0 Å². The molecule has 104 valence electrons. The molecule has 0 heterocycles. The largest absolute Gasteiger partial charge is 0.413 e. The van der Waals surface area contributed by atoms with Crippen molar-refractivity contribution in [1.82, 2.24) is 0 Å². The molecule has 1 aliphatic rings. The van der Waals surface area contributed by atoms with Crippen LogP contribution in [0.15, 0.2) is 24.8 Å². The van der Waals surface area contributed by atoms with E-state index in [1.165, 1.54) is 19.3 Å². The Kier molecular flexibility index (Phi) is 5.41. The molecule has 1 nitrogen and oxygen atoms in total. The van der Waals surface area contributed by atoms with Gasteiger partial charge in [0.2, 0.25) is 0 Å². The van der Waals surface area contributed by atoms with E-state index in [0.29, 0.717) is 16.9 Å². The summed E-state index contributed by atoms with van der Waals surface area (Å²) in [4.78, 5) is 0. The molecule has 0 radical (unpaired) electrons. The summed E-state index contributed by atoms with van der Waals surface area (Å²) in [5, 5.41) is 0.303. The second kappa shape index (κ2) is 6.20. The van der Waals surface area contributed by atoms with Crippen molar-refractivity contribution in [3.05, 3.63) is 24.8 Å². The average molecular weight is 267 g/mol. The van der Waals surface area contributed by atoms with Gasteiger partial charge in [0.25, 0.3) is 0 Å². The van der Waals surface area contributed by atoms with Crippen LogP contribution in [-0.4, -0.2) is 14.9 Å². The van der Waals surface area contributed by atoms with Gasteiger partial charge in [-0.05, 0) is 42.8 Å². The third kappa shape index (κ3) is 4.10. The zero-order chi connectivity index (χ0) is 13.8. The molecule has 0 saturated heterocycles. The minimum absolute atomic E-state index is 0.303. The smallest absolute Gasteiger partial charge is 0.192 e.